The first kappa shape index (κ1) is 8.46. The van der Waals surface area contributed by atoms with E-state index in [4.69, 9.17) is 4.74 Å². The third kappa shape index (κ3) is 1.38. The van der Waals surface area contributed by atoms with Crippen molar-refractivity contribution in [1.29, 1.82) is 0 Å². The Morgan fingerprint density at radius 2 is 2.54 bits per heavy atom. The third-order valence-corrected chi connectivity index (χ3v) is 2.05. The van der Waals surface area contributed by atoms with Crippen molar-refractivity contribution in [2.45, 2.75) is 19.8 Å². The summed E-state index contributed by atoms with van der Waals surface area (Å²) in [7, 11) is 1.54. The van der Waals surface area contributed by atoms with Gasteiger partial charge in [0.2, 0.25) is 0 Å². The highest BCUT2D eigenvalue weighted by molar-refractivity contribution is 4.90. The van der Waals surface area contributed by atoms with Crippen LogP contribution in [0.4, 0.5) is 0 Å². The van der Waals surface area contributed by atoms with Crippen molar-refractivity contribution < 1.29 is 4.74 Å². The van der Waals surface area contributed by atoms with Gasteiger partial charge in [-0.2, -0.15) is 9.78 Å². The van der Waals surface area contributed by atoms with E-state index in [1.807, 2.05) is 0 Å². The second-order valence-electron chi connectivity index (χ2n) is 2.94. The lowest BCUT2D eigenvalue weighted by Gasteiger charge is -2.11. The largest absolute Gasteiger partial charge is 0.362 e. The summed E-state index contributed by atoms with van der Waals surface area (Å²) in [6.45, 7) is 2.40. The number of ether oxygens (including phenoxy) is 1. The molecule has 0 fully saturated rings. The molecule has 72 valence electrons. The molecule has 6 nitrogen and oxygen atoms in total. The number of nitrogens with zero attached hydrogens (tertiary/aromatic N) is 3. The molecule has 1 N–H and O–H groups in total. The third-order valence-electron chi connectivity index (χ3n) is 2.05. The number of rotatable bonds is 2. The molecule has 0 bridgehead atoms. The van der Waals surface area contributed by atoms with Gasteiger partial charge >= 0.3 is 5.69 Å². The lowest BCUT2D eigenvalue weighted by molar-refractivity contribution is 0.117. The maximum absolute atomic E-state index is 11.6. The van der Waals surface area contributed by atoms with Crippen LogP contribution in [0.15, 0.2) is 4.79 Å². The molecule has 13 heavy (non-hydrogen) atoms. The molecular formula is C7H12N4O2. The van der Waals surface area contributed by atoms with Crippen LogP contribution in [0.3, 0.4) is 0 Å². The lowest BCUT2D eigenvalue weighted by atomic mass is 10.4. The minimum atomic E-state index is -0.0849. The van der Waals surface area contributed by atoms with Gasteiger partial charge in [0.15, 0.2) is 0 Å². The van der Waals surface area contributed by atoms with Crippen LogP contribution in [-0.4, -0.2) is 28.0 Å². The first-order chi connectivity index (χ1) is 6.33. The van der Waals surface area contributed by atoms with E-state index in [0.29, 0.717) is 13.1 Å². The van der Waals surface area contributed by atoms with Crippen molar-refractivity contribution >= 4 is 0 Å². The summed E-state index contributed by atoms with van der Waals surface area (Å²) in [6, 6.07) is 0. The van der Waals surface area contributed by atoms with Gasteiger partial charge in [0.05, 0.1) is 6.54 Å². The number of hydrogen-bond acceptors (Lipinski definition) is 4. The summed E-state index contributed by atoms with van der Waals surface area (Å²) in [5.41, 5.74) is -0.0849. The molecule has 0 saturated carbocycles. The normalized spacial score (nSPS) is 15.8. The molecule has 0 aliphatic carbocycles. The maximum Gasteiger partial charge on any atom is 0.348 e. The molecule has 0 aromatic carbocycles. The fourth-order valence-corrected chi connectivity index (χ4v) is 1.44. The van der Waals surface area contributed by atoms with Crippen LogP contribution in [0.5, 0.6) is 0 Å². The average Bonchev–Trinajstić information content (AvgIpc) is 2.46. The van der Waals surface area contributed by atoms with Gasteiger partial charge in [0.1, 0.15) is 12.6 Å². The standard InChI is InChI=1S/C7H12N4O2/c1-13-5-11-7(12)10-3-2-8-4-6(10)9-11/h8H,2-5H2,1H3. The molecule has 0 radical (unpaired) electrons. The first-order valence-corrected chi connectivity index (χ1v) is 4.19. The number of aromatic nitrogens is 3. The van der Waals surface area contributed by atoms with Gasteiger partial charge in [-0.3, -0.25) is 4.57 Å². The van der Waals surface area contributed by atoms with Crippen LogP contribution >= 0.6 is 0 Å². The topological polar surface area (TPSA) is 61.1 Å². The predicted molar refractivity (Wildman–Crippen MR) is 45.2 cm³/mol. The fourth-order valence-electron chi connectivity index (χ4n) is 1.44. The van der Waals surface area contributed by atoms with Gasteiger partial charge in [-0.15, -0.1) is 0 Å². The van der Waals surface area contributed by atoms with E-state index in [0.717, 1.165) is 12.4 Å². The number of hydrogen-bond donors (Lipinski definition) is 1. The zero-order chi connectivity index (χ0) is 9.26. The minimum absolute atomic E-state index is 0.0849. The van der Waals surface area contributed by atoms with Gasteiger partial charge < -0.3 is 10.1 Å². The zero-order valence-electron chi connectivity index (χ0n) is 7.49. The van der Waals surface area contributed by atoms with Gasteiger partial charge in [0.25, 0.3) is 0 Å². The molecule has 0 saturated heterocycles. The Bertz CT molecular complexity index is 354. The van der Waals surface area contributed by atoms with Crippen molar-refractivity contribution in [3.8, 4) is 0 Å². The molecule has 0 unspecified atom stereocenters. The summed E-state index contributed by atoms with van der Waals surface area (Å²) in [6.07, 6.45) is 0. The molecule has 2 rings (SSSR count). The Morgan fingerprint density at radius 3 is 3.23 bits per heavy atom. The van der Waals surface area contributed by atoms with Gasteiger partial charge in [0, 0.05) is 20.2 Å². The van der Waals surface area contributed by atoms with Crippen molar-refractivity contribution in [2.75, 3.05) is 13.7 Å². The van der Waals surface area contributed by atoms with E-state index in [2.05, 4.69) is 10.4 Å². The smallest absolute Gasteiger partial charge is 0.348 e. The lowest BCUT2D eigenvalue weighted by Crippen LogP contribution is -2.34. The quantitative estimate of drug-likeness (QED) is 0.624. The highest BCUT2D eigenvalue weighted by atomic mass is 16.5. The number of methoxy groups -OCH3 is 1. The summed E-state index contributed by atoms with van der Waals surface area (Å²) >= 11 is 0. The fraction of sp³-hybridized carbons (Fsp3) is 0.714. The van der Waals surface area contributed by atoms with Crippen molar-refractivity contribution in [1.82, 2.24) is 19.7 Å². The highest BCUT2D eigenvalue weighted by Gasteiger charge is 2.15. The molecule has 1 aliphatic heterocycles. The molecular weight excluding hydrogens is 172 g/mol. The first-order valence-electron chi connectivity index (χ1n) is 4.19. The Hall–Kier alpha value is -1.14. The number of nitrogens with one attached hydrogen (secondary N) is 1. The van der Waals surface area contributed by atoms with Crippen LogP contribution in [-0.2, 0) is 24.6 Å². The molecule has 0 atom stereocenters. The van der Waals surface area contributed by atoms with Crippen molar-refractivity contribution in [2.24, 2.45) is 0 Å². The van der Waals surface area contributed by atoms with E-state index in [1.54, 1.807) is 11.7 Å². The second kappa shape index (κ2) is 3.31. The summed E-state index contributed by atoms with van der Waals surface area (Å²) in [5, 5.41) is 7.27. The number of fused-ring (bicyclic) bond motifs is 1. The van der Waals surface area contributed by atoms with E-state index >= 15 is 0 Å². The van der Waals surface area contributed by atoms with Gasteiger partial charge in [-0.1, -0.05) is 0 Å². The van der Waals surface area contributed by atoms with Crippen LogP contribution < -0.4 is 11.0 Å². The molecule has 6 heteroatoms. The summed E-state index contributed by atoms with van der Waals surface area (Å²) in [4.78, 5) is 11.6. The van der Waals surface area contributed by atoms with Gasteiger partial charge in [-0.25, -0.2) is 4.79 Å². The zero-order valence-corrected chi connectivity index (χ0v) is 7.49. The van der Waals surface area contributed by atoms with Crippen LogP contribution in [0.25, 0.3) is 0 Å². The van der Waals surface area contributed by atoms with E-state index in [9.17, 15) is 4.79 Å². The van der Waals surface area contributed by atoms with Crippen molar-refractivity contribution in [3.05, 3.63) is 16.3 Å². The molecule has 2 heterocycles. The molecule has 0 amide bonds. The Morgan fingerprint density at radius 1 is 1.69 bits per heavy atom. The Balaban J connectivity index is 2.39. The predicted octanol–water partition coefficient (Wildman–Crippen LogP) is -1.25. The SMILES string of the molecule is COCn1nc2n(c1=O)CCNC2. The van der Waals surface area contributed by atoms with Gasteiger partial charge in [-0.05, 0) is 0 Å². The highest BCUT2D eigenvalue weighted by Crippen LogP contribution is 1.97. The Kier molecular flexibility index (Phi) is 2.15. The monoisotopic (exact) mass is 184 g/mol. The van der Waals surface area contributed by atoms with E-state index in [1.165, 1.54) is 4.68 Å². The van der Waals surface area contributed by atoms with Crippen molar-refractivity contribution in [3.63, 3.8) is 0 Å². The second-order valence-corrected chi connectivity index (χ2v) is 2.94. The summed E-state index contributed by atoms with van der Waals surface area (Å²) < 4.78 is 7.86. The molecule has 1 aromatic heterocycles. The van der Waals surface area contributed by atoms with Crippen LogP contribution in [0, 0.1) is 0 Å². The summed E-state index contributed by atoms with van der Waals surface area (Å²) in [5.74, 6) is 0.785. The minimum Gasteiger partial charge on any atom is -0.362 e. The van der Waals surface area contributed by atoms with E-state index < -0.39 is 0 Å². The van der Waals surface area contributed by atoms with Crippen LogP contribution in [0.2, 0.25) is 0 Å². The Labute approximate surface area is 75.1 Å². The van der Waals surface area contributed by atoms with Crippen LogP contribution in [0.1, 0.15) is 5.82 Å². The maximum atomic E-state index is 11.6. The van der Waals surface area contributed by atoms with E-state index in [-0.39, 0.29) is 12.4 Å². The molecule has 1 aliphatic rings. The average molecular weight is 184 g/mol. The molecule has 1 aromatic rings. The molecule has 0 spiro atoms.